The Kier molecular flexibility index (Phi) is 13.5. The van der Waals surface area contributed by atoms with Crippen LogP contribution in [0.2, 0.25) is 0 Å². The third-order valence-electron chi connectivity index (χ3n) is 8.85. The van der Waals surface area contributed by atoms with Crippen LogP contribution in [0.15, 0.2) is 36.4 Å². The summed E-state index contributed by atoms with van der Waals surface area (Å²) in [5, 5.41) is 40.7. The van der Waals surface area contributed by atoms with Gasteiger partial charge in [-0.25, -0.2) is 0 Å². The number of carbonyl (C=O) groups excluding carboxylic acids is 2. The minimum atomic E-state index is -1.39. The van der Waals surface area contributed by atoms with Crippen molar-refractivity contribution < 1.29 is 34.8 Å². The summed E-state index contributed by atoms with van der Waals surface area (Å²) in [5.41, 5.74) is 6.84. The molecule has 0 unspecified atom stereocenters. The van der Waals surface area contributed by atoms with Gasteiger partial charge in [-0.1, -0.05) is 91.0 Å². The van der Waals surface area contributed by atoms with E-state index in [1.807, 2.05) is 54.5 Å². The lowest BCUT2D eigenvalue weighted by atomic mass is 9.77. The molecule has 0 amide bonds. The van der Waals surface area contributed by atoms with E-state index >= 15 is 0 Å². The number of Topliss-reactive ketones (excluding diaryl/α,β-unsaturated/α-hetero) is 2. The summed E-state index contributed by atoms with van der Waals surface area (Å²) in [6, 6.07) is 10.6. The van der Waals surface area contributed by atoms with Crippen molar-refractivity contribution in [2.75, 3.05) is 6.61 Å². The number of hydrogen-bond acceptors (Lipinski definition) is 7. The molecule has 4 N–H and O–H groups in total. The number of aryl methyl sites for hydroxylation is 2. The third kappa shape index (κ3) is 9.90. The minimum Gasteiger partial charge on any atom is -0.394 e. The zero-order chi connectivity index (χ0) is 34.4. The zero-order valence-corrected chi connectivity index (χ0v) is 29.1. The maximum Gasteiger partial charge on any atom is 0.139 e. The topological polar surface area (TPSA) is 124 Å². The minimum absolute atomic E-state index is 0.0742. The van der Waals surface area contributed by atoms with Crippen LogP contribution in [-0.2, 0) is 20.7 Å². The van der Waals surface area contributed by atoms with Gasteiger partial charge in [0.25, 0.3) is 0 Å². The number of ether oxygens (including phenoxy) is 1. The summed E-state index contributed by atoms with van der Waals surface area (Å²) >= 11 is 0. The first-order valence-corrected chi connectivity index (χ1v) is 16.0. The molecule has 250 valence electrons. The summed E-state index contributed by atoms with van der Waals surface area (Å²) in [6.45, 7) is 20.8. The molecular weight excluding hydrogens is 568 g/mol. The molecule has 1 aliphatic rings. The lowest BCUT2D eigenvalue weighted by molar-refractivity contribution is -0.231. The van der Waals surface area contributed by atoms with Crippen LogP contribution < -0.4 is 0 Å². The number of rotatable bonds is 9. The molecule has 7 nitrogen and oxygen atoms in total. The van der Waals surface area contributed by atoms with E-state index in [1.54, 1.807) is 0 Å². The Labute approximate surface area is 270 Å². The molecule has 1 heterocycles. The van der Waals surface area contributed by atoms with Crippen molar-refractivity contribution in [3.8, 4) is 0 Å². The number of aliphatic hydroxyl groups is 4. The SMILES string of the molecule is C/C=C/c1ccc(Cc2cc([C@@H]3O[C@H](CO)[C@@H](O)[C@H](O)[C@H]3O)c(C)cc2C(C)C)c(C)c1.CC(=O)C(C)(C)CC(=O)C(C)(C)C. The van der Waals surface area contributed by atoms with Gasteiger partial charge in [-0.15, -0.1) is 0 Å². The van der Waals surface area contributed by atoms with Crippen LogP contribution in [0, 0.1) is 24.7 Å². The van der Waals surface area contributed by atoms with E-state index in [-0.39, 0.29) is 17.0 Å². The molecule has 5 atom stereocenters. The molecule has 0 bridgehead atoms. The number of hydrogen-bond donors (Lipinski definition) is 4. The van der Waals surface area contributed by atoms with Gasteiger partial charge in [0.2, 0.25) is 0 Å². The van der Waals surface area contributed by atoms with Crippen molar-refractivity contribution in [3.05, 3.63) is 75.4 Å². The van der Waals surface area contributed by atoms with Crippen LogP contribution in [0.25, 0.3) is 6.08 Å². The number of benzene rings is 2. The smallest absolute Gasteiger partial charge is 0.139 e. The second kappa shape index (κ2) is 15.7. The van der Waals surface area contributed by atoms with Crippen LogP contribution in [-0.4, -0.2) is 63.0 Å². The first kappa shape index (κ1) is 38.5. The van der Waals surface area contributed by atoms with Gasteiger partial charge in [0, 0.05) is 17.3 Å². The fourth-order valence-corrected chi connectivity index (χ4v) is 5.36. The van der Waals surface area contributed by atoms with Crippen molar-refractivity contribution in [2.24, 2.45) is 10.8 Å². The van der Waals surface area contributed by atoms with Crippen molar-refractivity contribution in [1.82, 2.24) is 0 Å². The highest BCUT2D eigenvalue weighted by Crippen LogP contribution is 2.37. The monoisotopic (exact) mass is 624 g/mol. The Morgan fingerprint density at radius 1 is 0.911 bits per heavy atom. The average molecular weight is 625 g/mol. The highest BCUT2D eigenvalue weighted by molar-refractivity contribution is 5.91. The fourth-order valence-electron chi connectivity index (χ4n) is 5.36. The Morgan fingerprint density at radius 2 is 1.53 bits per heavy atom. The van der Waals surface area contributed by atoms with Crippen LogP contribution in [0.5, 0.6) is 0 Å². The van der Waals surface area contributed by atoms with Crippen molar-refractivity contribution in [1.29, 1.82) is 0 Å². The summed E-state index contributed by atoms with van der Waals surface area (Å²) in [7, 11) is 0. The average Bonchev–Trinajstić information content (AvgIpc) is 2.94. The van der Waals surface area contributed by atoms with E-state index < -0.39 is 42.5 Å². The number of allylic oxidation sites excluding steroid dienone is 1. The molecule has 1 aliphatic heterocycles. The van der Waals surface area contributed by atoms with E-state index in [9.17, 15) is 30.0 Å². The van der Waals surface area contributed by atoms with Gasteiger partial charge in [0.15, 0.2) is 0 Å². The van der Waals surface area contributed by atoms with Gasteiger partial charge in [-0.2, -0.15) is 0 Å². The molecule has 0 spiro atoms. The molecule has 0 radical (unpaired) electrons. The molecule has 7 heteroatoms. The second-order valence-electron chi connectivity index (χ2n) is 14.5. The predicted molar refractivity (Wildman–Crippen MR) is 180 cm³/mol. The lowest BCUT2D eigenvalue weighted by Gasteiger charge is -2.41. The first-order chi connectivity index (χ1) is 20.7. The molecule has 2 aromatic rings. The Balaban J connectivity index is 0.000000459. The van der Waals surface area contributed by atoms with Gasteiger partial charge in [-0.05, 0) is 79.0 Å². The molecule has 2 aromatic carbocycles. The zero-order valence-electron chi connectivity index (χ0n) is 29.1. The molecule has 1 fully saturated rings. The highest BCUT2D eigenvalue weighted by Gasteiger charge is 2.44. The van der Waals surface area contributed by atoms with Crippen molar-refractivity contribution >= 4 is 17.6 Å². The Morgan fingerprint density at radius 3 is 2.02 bits per heavy atom. The molecule has 45 heavy (non-hydrogen) atoms. The van der Waals surface area contributed by atoms with Gasteiger partial charge < -0.3 is 25.2 Å². The molecule has 1 saturated heterocycles. The molecular formula is C38H56O7. The van der Waals surface area contributed by atoms with E-state index in [0.717, 1.165) is 23.1 Å². The van der Waals surface area contributed by atoms with E-state index in [1.165, 1.54) is 29.2 Å². The molecule has 0 aliphatic carbocycles. The Bertz CT molecular complexity index is 1350. The van der Waals surface area contributed by atoms with Crippen molar-refractivity contribution in [3.63, 3.8) is 0 Å². The third-order valence-corrected chi connectivity index (χ3v) is 8.85. The van der Waals surface area contributed by atoms with Gasteiger partial charge in [0.05, 0.1) is 6.61 Å². The lowest BCUT2D eigenvalue weighted by Crippen LogP contribution is -2.55. The van der Waals surface area contributed by atoms with Gasteiger partial charge in [0.1, 0.15) is 42.1 Å². The number of ketones is 2. The van der Waals surface area contributed by atoms with Gasteiger partial charge in [-0.3, -0.25) is 9.59 Å². The maximum atomic E-state index is 11.6. The summed E-state index contributed by atoms with van der Waals surface area (Å²) in [5.74, 6) is 0.535. The fraction of sp³-hybridized carbons (Fsp3) is 0.579. The quantitative estimate of drug-likeness (QED) is 0.263. The van der Waals surface area contributed by atoms with E-state index in [0.29, 0.717) is 12.3 Å². The standard InChI is InChI=1S/C27H36O5.C11H20O2/c1-6-7-18-8-9-19(16(4)10-18)12-20-13-22(17(5)11-21(20)15(2)3)27-26(31)25(30)24(29)23(14-28)32-27;1-8(12)11(5,6)7-9(13)10(2,3)4/h6-11,13,15,23-31H,12,14H2,1-5H3;7H2,1-6H3/b7-6+;/t23-,24-,25+,26-,27+;/m1./s1. The number of carbonyl (C=O) groups is 2. The predicted octanol–water partition coefficient (Wildman–Crippen LogP) is 6.17. The normalized spacial score (nSPS) is 22.4. The summed E-state index contributed by atoms with van der Waals surface area (Å²) in [4.78, 5) is 22.8. The van der Waals surface area contributed by atoms with Crippen LogP contribution in [0.1, 0.15) is 120 Å². The summed E-state index contributed by atoms with van der Waals surface area (Å²) in [6.07, 6.45) is -0.606. The highest BCUT2D eigenvalue weighted by atomic mass is 16.5. The maximum absolute atomic E-state index is 11.6. The number of aliphatic hydroxyl groups excluding tert-OH is 4. The Hall–Kier alpha value is -2.68. The second-order valence-corrected chi connectivity index (χ2v) is 14.5. The van der Waals surface area contributed by atoms with E-state index in [4.69, 9.17) is 4.74 Å². The van der Waals surface area contributed by atoms with Crippen molar-refractivity contribution in [2.45, 2.75) is 125 Å². The van der Waals surface area contributed by atoms with Crippen LogP contribution >= 0.6 is 0 Å². The summed E-state index contributed by atoms with van der Waals surface area (Å²) < 4.78 is 5.85. The van der Waals surface area contributed by atoms with Crippen LogP contribution in [0.4, 0.5) is 0 Å². The van der Waals surface area contributed by atoms with Crippen LogP contribution in [0.3, 0.4) is 0 Å². The molecule has 3 rings (SSSR count). The van der Waals surface area contributed by atoms with Gasteiger partial charge >= 0.3 is 0 Å². The molecule has 0 saturated carbocycles. The molecule has 0 aromatic heterocycles. The van der Waals surface area contributed by atoms with E-state index in [2.05, 4.69) is 57.2 Å². The largest absolute Gasteiger partial charge is 0.394 e. The first-order valence-electron chi connectivity index (χ1n) is 16.0.